The molecule has 0 unspecified atom stereocenters. The van der Waals surface area contributed by atoms with Crippen LogP contribution in [0.25, 0.3) is 0 Å². The summed E-state index contributed by atoms with van der Waals surface area (Å²) in [6.07, 6.45) is 0.744. The topological polar surface area (TPSA) is 96.3 Å². The molecule has 2 aromatic rings. The van der Waals surface area contributed by atoms with Crippen LogP contribution in [0.3, 0.4) is 0 Å². The van der Waals surface area contributed by atoms with Crippen molar-refractivity contribution in [3.05, 3.63) is 59.2 Å². The highest BCUT2D eigenvalue weighted by Gasteiger charge is 2.50. The number of hydrogen-bond donors (Lipinski definition) is 2. The summed E-state index contributed by atoms with van der Waals surface area (Å²) in [5, 5.41) is 20.1. The number of amides is 1. The molecule has 194 valence electrons. The van der Waals surface area contributed by atoms with Gasteiger partial charge in [0.05, 0.1) is 25.0 Å². The second kappa shape index (κ2) is 9.77. The molecule has 7 nitrogen and oxygen atoms in total. The Balaban J connectivity index is 1.61. The lowest BCUT2D eigenvalue weighted by molar-refractivity contribution is -0.148. The molecule has 0 saturated carbocycles. The first-order chi connectivity index (χ1) is 16.9. The molecule has 2 N–H and O–H groups in total. The third kappa shape index (κ3) is 4.94. The van der Waals surface area contributed by atoms with Crippen molar-refractivity contribution in [2.75, 3.05) is 20.2 Å². The van der Waals surface area contributed by atoms with Gasteiger partial charge in [-0.05, 0) is 35.7 Å². The molecule has 3 atom stereocenters. The lowest BCUT2D eigenvalue weighted by atomic mass is 9.72. The number of aliphatic hydroxyl groups is 1. The van der Waals surface area contributed by atoms with Crippen molar-refractivity contribution in [1.29, 1.82) is 0 Å². The van der Waals surface area contributed by atoms with Crippen molar-refractivity contribution in [2.45, 2.75) is 65.1 Å². The number of benzene rings is 2. The van der Waals surface area contributed by atoms with E-state index in [1.54, 1.807) is 32.8 Å². The molecule has 36 heavy (non-hydrogen) atoms. The van der Waals surface area contributed by atoms with Gasteiger partial charge in [-0.1, -0.05) is 51.1 Å². The molecule has 1 heterocycles. The van der Waals surface area contributed by atoms with E-state index in [2.05, 4.69) is 12.1 Å². The van der Waals surface area contributed by atoms with E-state index in [1.807, 2.05) is 37.3 Å². The summed E-state index contributed by atoms with van der Waals surface area (Å²) in [6, 6.07) is 14.2. The third-order valence-corrected chi connectivity index (χ3v) is 8.04. The Kier molecular flexibility index (Phi) is 7.06. The molecular weight excluding hydrogens is 458 g/mol. The second-order valence-corrected chi connectivity index (χ2v) is 11.2. The average Bonchev–Trinajstić information content (AvgIpc) is 3.38. The molecule has 1 aliphatic heterocycles. The number of carboxylic acid groups (broad SMARTS) is 1. The van der Waals surface area contributed by atoms with Crippen molar-refractivity contribution >= 4 is 11.9 Å². The van der Waals surface area contributed by atoms with Gasteiger partial charge in [-0.3, -0.25) is 9.59 Å². The maximum Gasteiger partial charge on any atom is 0.304 e. The van der Waals surface area contributed by atoms with Crippen molar-refractivity contribution in [2.24, 2.45) is 10.8 Å². The quantitative estimate of drug-likeness (QED) is 0.574. The van der Waals surface area contributed by atoms with Crippen LogP contribution < -0.4 is 9.47 Å². The molecule has 1 amide bonds. The molecule has 7 heteroatoms. The van der Waals surface area contributed by atoms with Gasteiger partial charge >= 0.3 is 5.97 Å². The predicted molar refractivity (Wildman–Crippen MR) is 136 cm³/mol. The normalized spacial score (nSPS) is 22.8. The molecule has 2 aromatic carbocycles. The van der Waals surface area contributed by atoms with Gasteiger partial charge in [0.1, 0.15) is 6.10 Å². The number of likely N-dealkylation sites (tertiary alicyclic amines) is 1. The summed E-state index contributed by atoms with van der Waals surface area (Å²) in [4.78, 5) is 26.4. The molecule has 0 spiro atoms. The SMILES string of the molecule is COc1ccc([C@@H]2CN(C(=O)C(C)(C)CC(=O)O)C[C@@]2(C)[C@@H](C)O)cc1OC1Cc2ccccc2C1. The summed E-state index contributed by atoms with van der Waals surface area (Å²) in [7, 11) is 1.62. The summed E-state index contributed by atoms with van der Waals surface area (Å²) >= 11 is 0. The number of aliphatic carboxylic acids is 1. The number of nitrogens with zero attached hydrogens (tertiary/aromatic N) is 1. The highest BCUT2D eigenvalue weighted by Crippen LogP contribution is 2.48. The number of carboxylic acids is 1. The van der Waals surface area contributed by atoms with Crippen LogP contribution in [-0.4, -0.2) is 59.4 Å². The number of methoxy groups -OCH3 is 1. The van der Waals surface area contributed by atoms with Gasteiger partial charge in [-0.2, -0.15) is 0 Å². The molecule has 0 radical (unpaired) electrons. The maximum atomic E-state index is 13.3. The monoisotopic (exact) mass is 495 g/mol. The van der Waals surface area contributed by atoms with E-state index in [-0.39, 0.29) is 24.3 Å². The number of rotatable bonds is 8. The Morgan fingerprint density at radius 1 is 1.14 bits per heavy atom. The van der Waals surface area contributed by atoms with E-state index in [9.17, 15) is 19.8 Å². The Morgan fingerprint density at radius 2 is 1.78 bits per heavy atom. The van der Waals surface area contributed by atoms with Crippen LogP contribution >= 0.6 is 0 Å². The van der Waals surface area contributed by atoms with Gasteiger partial charge in [0.2, 0.25) is 5.91 Å². The van der Waals surface area contributed by atoms with Crippen LogP contribution in [0.15, 0.2) is 42.5 Å². The fourth-order valence-electron chi connectivity index (χ4n) is 5.74. The van der Waals surface area contributed by atoms with E-state index in [1.165, 1.54) is 11.1 Å². The van der Waals surface area contributed by atoms with Crippen LogP contribution in [-0.2, 0) is 22.4 Å². The van der Waals surface area contributed by atoms with Crippen molar-refractivity contribution in [3.8, 4) is 11.5 Å². The van der Waals surface area contributed by atoms with Crippen molar-refractivity contribution < 1.29 is 29.3 Å². The molecule has 1 saturated heterocycles. The number of carbonyl (C=O) groups excluding carboxylic acids is 1. The molecule has 1 fully saturated rings. The fourth-order valence-corrected chi connectivity index (χ4v) is 5.74. The zero-order valence-electron chi connectivity index (χ0n) is 21.8. The van der Waals surface area contributed by atoms with Gasteiger partial charge in [0.15, 0.2) is 11.5 Å². The number of aliphatic hydroxyl groups excluding tert-OH is 1. The Morgan fingerprint density at radius 3 is 2.33 bits per heavy atom. The van der Waals surface area contributed by atoms with E-state index in [4.69, 9.17) is 9.47 Å². The molecule has 2 aliphatic rings. The maximum absolute atomic E-state index is 13.3. The van der Waals surface area contributed by atoms with Crippen LogP contribution in [0, 0.1) is 10.8 Å². The molecule has 0 aromatic heterocycles. The van der Waals surface area contributed by atoms with Crippen molar-refractivity contribution in [1.82, 2.24) is 4.90 Å². The zero-order chi connectivity index (χ0) is 26.3. The number of hydrogen-bond acceptors (Lipinski definition) is 5. The molecular formula is C29H37NO6. The standard InChI is InChI=1S/C29H37NO6/c1-18(31)29(4)17-30(27(34)28(2,3)15-26(32)33)16-23(29)21-10-11-24(35-5)25(14-21)36-22-12-19-8-6-7-9-20(19)13-22/h6-11,14,18,22-23,31H,12-13,15-17H2,1-5H3,(H,32,33)/t18-,23+,29+/m1/s1. The van der Waals surface area contributed by atoms with Gasteiger partial charge < -0.3 is 24.6 Å². The van der Waals surface area contributed by atoms with E-state index < -0.39 is 22.9 Å². The number of carbonyl (C=O) groups is 2. The first-order valence-electron chi connectivity index (χ1n) is 12.5. The van der Waals surface area contributed by atoms with E-state index in [0.29, 0.717) is 24.6 Å². The van der Waals surface area contributed by atoms with Crippen LogP contribution in [0.2, 0.25) is 0 Å². The van der Waals surface area contributed by atoms with Crippen LogP contribution in [0.1, 0.15) is 56.7 Å². The molecule has 4 rings (SSSR count). The zero-order valence-corrected chi connectivity index (χ0v) is 21.8. The van der Waals surface area contributed by atoms with Gasteiger partial charge in [-0.25, -0.2) is 0 Å². The minimum atomic E-state index is -1.04. The summed E-state index contributed by atoms with van der Waals surface area (Å²) in [5.74, 6) is -0.0869. The lowest BCUT2D eigenvalue weighted by Crippen LogP contribution is -2.43. The second-order valence-electron chi connectivity index (χ2n) is 11.2. The summed E-state index contributed by atoms with van der Waals surface area (Å²) in [6.45, 7) is 7.80. The van der Waals surface area contributed by atoms with Gasteiger partial charge in [0.25, 0.3) is 0 Å². The first kappa shape index (κ1) is 26.0. The Hall–Kier alpha value is -3.06. The number of ether oxygens (including phenoxy) is 2. The van der Waals surface area contributed by atoms with Crippen molar-refractivity contribution in [3.63, 3.8) is 0 Å². The molecule has 0 bridgehead atoms. The Bertz CT molecular complexity index is 1120. The molecule has 1 aliphatic carbocycles. The fraction of sp³-hybridized carbons (Fsp3) is 0.517. The highest BCUT2D eigenvalue weighted by atomic mass is 16.5. The summed E-state index contributed by atoms with van der Waals surface area (Å²) in [5.41, 5.74) is 1.91. The van der Waals surface area contributed by atoms with Gasteiger partial charge in [0, 0.05) is 37.3 Å². The van der Waals surface area contributed by atoms with Gasteiger partial charge in [-0.15, -0.1) is 0 Å². The predicted octanol–water partition coefficient (Wildman–Crippen LogP) is 4.06. The van der Waals surface area contributed by atoms with Crippen LogP contribution in [0.4, 0.5) is 0 Å². The van der Waals surface area contributed by atoms with E-state index in [0.717, 1.165) is 18.4 Å². The third-order valence-electron chi connectivity index (χ3n) is 8.04. The minimum absolute atomic E-state index is 0.00757. The number of fused-ring (bicyclic) bond motifs is 1. The smallest absolute Gasteiger partial charge is 0.304 e. The Labute approximate surface area is 213 Å². The lowest BCUT2D eigenvalue weighted by Gasteiger charge is -2.34. The first-order valence-corrected chi connectivity index (χ1v) is 12.5. The minimum Gasteiger partial charge on any atom is -0.493 e. The summed E-state index contributed by atoms with van der Waals surface area (Å²) < 4.78 is 12.0. The largest absolute Gasteiger partial charge is 0.493 e. The van der Waals surface area contributed by atoms with Crippen LogP contribution in [0.5, 0.6) is 11.5 Å². The average molecular weight is 496 g/mol. The highest BCUT2D eigenvalue weighted by molar-refractivity contribution is 5.86. The van der Waals surface area contributed by atoms with E-state index >= 15 is 0 Å².